The summed E-state index contributed by atoms with van der Waals surface area (Å²) in [6.45, 7) is 0.895. The van der Waals surface area contributed by atoms with Gasteiger partial charge in [0.15, 0.2) is 0 Å². The summed E-state index contributed by atoms with van der Waals surface area (Å²) in [6, 6.07) is 8.10. The molecule has 2 saturated heterocycles. The summed E-state index contributed by atoms with van der Waals surface area (Å²) in [7, 11) is 0. The molecule has 4 heterocycles. The summed E-state index contributed by atoms with van der Waals surface area (Å²) in [4.78, 5) is 28.0. The molecule has 2 fully saturated rings. The maximum atomic E-state index is 15.0. The number of anilines is 1. The van der Waals surface area contributed by atoms with Crippen molar-refractivity contribution in [2.75, 3.05) is 18.0 Å². The number of nitriles is 1. The average molecular weight is 408 g/mol. The minimum atomic E-state index is -3.64. The van der Waals surface area contributed by atoms with Crippen LogP contribution in [0, 0.1) is 11.3 Å². The van der Waals surface area contributed by atoms with E-state index in [2.05, 4.69) is 19.9 Å². The number of H-pyrrole nitrogens is 1. The van der Waals surface area contributed by atoms with Crippen molar-refractivity contribution in [3.8, 4) is 6.07 Å². The Bertz CT molecular complexity index is 1140. The minimum Gasteiger partial charge on any atom is -0.352 e. The predicted molar refractivity (Wildman–Crippen MR) is 105 cm³/mol. The van der Waals surface area contributed by atoms with Gasteiger partial charge < -0.3 is 14.8 Å². The topological polar surface area (TPSA) is 88.9 Å². The molecule has 30 heavy (non-hydrogen) atoms. The fourth-order valence-corrected chi connectivity index (χ4v) is 4.56. The van der Waals surface area contributed by atoms with Crippen LogP contribution >= 0.6 is 0 Å². The first-order valence-corrected chi connectivity index (χ1v) is 9.73. The molecule has 2 aliphatic rings. The van der Waals surface area contributed by atoms with Crippen molar-refractivity contribution in [1.29, 1.82) is 5.26 Å². The summed E-state index contributed by atoms with van der Waals surface area (Å²) < 4.78 is 30.0. The van der Waals surface area contributed by atoms with Gasteiger partial charge in [-0.15, -0.1) is 0 Å². The van der Waals surface area contributed by atoms with E-state index in [1.165, 1.54) is 23.4 Å². The molecule has 1 N–H and O–H groups in total. The van der Waals surface area contributed by atoms with Crippen molar-refractivity contribution in [3.63, 3.8) is 0 Å². The quantitative estimate of drug-likeness (QED) is 0.720. The molecule has 2 bridgehead atoms. The molecule has 3 aromatic rings. The number of hydrogen-bond acceptors (Lipinski definition) is 5. The van der Waals surface area contributed by atoms with Gasteiger partial charge >= 0.3 is 5.92 Å². The van der Waals surface area contributed by atoms with Gasteiger partial charge in [0.25, 0.3) is 5.91 Å². The normalized spacial score (nSPS) is 21.1. The fraction of sp³-hybridized carbons (Fsp3) is 0.333. The van der Waals surface area contributed by atoms with E-state index in [9.17, 15) is 4.79 Å². The van der Waals surface area contributed by atoms with Crippen LogP contribution in [0.5, 0.6) is 0 Å². The zero-order valence-electron chi connectivity index (χ0n) is 15.9. The van der Waals surface area contributed by atoms with E-state index < -0.39 is 17.4 Å². The second-order valence-electron chi connectivity index (χ2n) is 7.70. The summed E-state index contributed by atoms with van der Waals surface area (Å²) >= 11 is 0. The van der Waals surface area contributed by atoms with Gasteiger partial charge in [0, 0.05) is 36.9 Å². The molecule has 1 amide bonds. The first kappa shape index (κ1) is 18.5. The average Bonchev–Trinajstić information content (AvgIpc) is 3.34. The van der Waals surface area contributed by atoms with Crippen LogP contribution in [0.2, 0.25) is 0 Å². The number of carbonyl (C=O) groups is 1. The third kappa shape index (κ3) is 2.79. The van der Waals surface area contributed by atoms with Crippen molar-refractivity contribution >= 4 is 22.8 Å². The lowest BCUT2D eigenvalue weighted by Crippen LogP contribution is -2.59. The standard InChI is InChI=1S/C21H18F2N6O/c22-21(23,14-3-1-13(9-24)2-4-14)20(30)29-15-5-6-16(29)11-28(10-15)19-17-7-8-25-18(17)26-12-27-19/h1-4,7-8,12,15-16H,5-6,10-11H2,(H,25,26,27)/t15-,16+. The number of nitrogens with one attached hydrogen (secondary N) is 1. The number of alkyl halides is 2. The highest BCUT2D eigenvalue weighted by Crippen LogP contribution is 2.39. The number of rotatable bonds is 3. The van der Waals surface area contributed by atoms with E-state index in [0.717, 1.165) is 29.0 Å². The number of halogens is 2. The second kappa shape index (κ2) is 6.76. The lowest BCUT2D eigenvalue weighted by Gasteiger charge is -2.42. The van der Waals surface area contributed by atoms with E-state index >= 15 is 8.78 Å². The summed E-state index contributed by atoms with van der Waals surface area (Å²) in [6.07, 6.45) is 4.62. The lowest BCUT2D eigenvalue weighted by molar-refractivity contribution is -0.162. The highest BCUT2D eigenvalue weighted by molar-refractivity contribution is 5.88. The van der Waals surface area contributed by atoms with Crippen molar-refractivity contribution in [1.82, 2.24) is 19.9 Å². The molecular formula is C21H18F2N6O. The Morgan fingerprint density at radius 3 is 2.50 bits per heavy atom. The Labute approximate surface area is 170 Å². The number of piperazine rings is 1. The molecule has 7 nitrogen and oxygen atoms in total. The van der Waals surface area contributed by atoms with E-state index in [1.807, 2.05) is 12.1 Å². The molecule has 0 unspecified atom stereocenters. The summed E-state index contributed by atoms with van der Waals surface area (Å²) in [5.41, 5.74) is 0.605. The number of nitrogens with zero attached hydrogens (tertiary/aromatic N) is 5. The van der Waals surface area contributed by atoms with E-state index in [1.54, 1.807) is 6.20 Å². The monoisotopic (exact) mass is 408 g/mol. The maximum Gasteiger partial charge on any atom is 0.349 e. The van der Waals surface area contributed by atoms with Gasteiger partial charge in [-0.1, -0.05) is 12.1 Å². The third-order valence-corrected chi connectivity index (χ3v) is 5.99. The summed E-state index contributed by atoms with van der Waals surface area (Å²) in [5.74, 6) is -4.06. The zero-order chi connectivity index (χ0) is 20.9. The van der Waals surface area contributed by atoms with Crippen LogP contribution < -0.4 is 4.90 Å². The van der Waals surface area contributed by atoms with Crippen molar-refractivity contribution in [2.24, 2.45) is 0 Å². The first-order valence-electron chi connectivity index (χ1n) is 9.73. The molecule has 5 rings (SSSR count). The van der Waals surface area contributed by atoms with Crippen molar-refractivity contribution in [2.45, 2.75) is 30.8 Å². The van der Waals surface area contributed by atoms with Gasteiger partial charge in [0.2, 0.25) is 0 Å². The molecule has 0 saturated carbocycles. The van der Waals surface area contributed by atoms with Crippen LogP contribution in [0.3, 0.4) is 0 Å². The highest BCUT2D eigenvalue weighted by atomic mass is 19.3. The SMILES string of the molecule is N#Cc1ccc(C(F)(F)C(=O)N2[C@@H]3CC[C@H]2CN(c2ncnc4[nH]ccc24)C3)cc1. The number of carbonyl (C=O) groups excluding carboxylic acids is 1. The number of aromatic amines is 1. The van der Waals surface area contributed by atoms with E-state index in [0.29, 0.717) is 25.9 Å². The highest BCUT2D eigenvalue weighted by Gasteiger charge is 2.52. The van der Waals surface area contributed by atoms with Crippen molar-refractivity contribution in [3.05, 3.63) is 54.0 Å². The molecule has 0 radical (unpaired) electrons. The molecular weight excluding hydrogens is 390 g/mol. The van der Waals surface area contributed by atoms with Gasteiger partial charge in [-0.25, -0.2) is 9.97 Å². The Kier molecular flexibility index (Phi) is 4.17. The van der Waals surface area contributed by atoms with Crippen LogP contribution in [0.25, 0.3) is 11.0 Å². The first-order chi connectivity index (χ1) is 14.5. The van der Waals surface area contributed by atoms with Crippen LogP contribution in [-0.4, -0.2) is 50.9 Å². The largest absolute Gasteiger partial charge is 0.352 e. The molecule has 2 atom stereocenters. The van der Waals surface area contributed by atoms with Gasteiger partial charge in [0.1, 0.15) is 17.8 Å². The molecule has 0 aliphatic carbocycles. The third-order valence-electron chi connectivity index (χ3n) is 5.99. The number of benzene rings is 1. The maximum absolute atomic E-state index is 15.0. The predicted octanol–water partition coefficient (Wildman–Crippen LogP) is 2.80. The van der Waals surface area contributed by atoms with Crippen LogP contribution in [0.1, 0.15) is 24.0 Å². The van der Waals surface area contributed by atoms with Gasteiger partial charge in [-0.05, 0) is 31.0 Å². The zero-order valence-corrected chi connectivity index (χ0v) is 15.9. The van der Waals surface area contributed by atoms with Gasteiger partial charge in [-0.2, -0.15) is 14.0 Å². The van der Waals surface area contributed by atoms with Crippen LogP contribution in [-0.2, 0) is 10.7 Å². The van der Waals surface area contributed by atoms with Crippen LogP contribution in [0.4, 0.5) is 14.6 Å². The molecule has 9 heteroatoms. The Morgan fingerprint density at radius 2 is 1.83 bits per heavy atom. The molecule has 1 aromatic carbocycles. The van der Waals surface area contributed by atoms with Gasteiger partial charge in [0.05, 0.1) is 17.0 Å². The molecule has 0 spiro atoms. The molecule has 2 aromatic heterocycles. The smallest absolute Gasteiger partial charge is 0.349 e. The molecule has 2 aliphatic heterocycles. The summed E-state index contributed by atoms with van der Waals surface area (Å²) in [5, 5.41) is 9.74. The number of fused-ring (bicyclic) bond motifs is 3. The van der Waals surface area contributed by atoms with E-state index in [-0.39, 0.29) is 17.6 Å². The van der Waals surface area contributed by atoms with E-state index in [4.69, 9.17) is 5.26 Å². The number of hydrogen-bond donors (Lipinski definition) is 1. The Hall–Kier alpha value is -3.54. The van der Waals surface area contributed by atoms with Crippen molar-refractivity contribution < 1.29 is 13.6 Å². The number of aromatic nitrogens is 3. The van der Waals surface area contributed by atoms with Gasteiger partial charge in [-0.3, -0.25) is 4.79 Å². The second-order valence-corrected chi connectivity index (χ2v) is 7.70. The lowest BCUT2D eigenvalue weighted by atomic mass is 10.0. The fourth-order valence-electron chi connectivity index (χ4n) is 4.56. The Balaban J connectivity index is 1.40. The number of amides is 1. The Morgan fingerprint density at radius 1 is 1.13 bits per heavy atom. The minimum absolute atomic E-state index is 0.275. The molecule has 152 valence electrons. The van der Waals surface area contributed by atoms with Crippen LogP contribution in [0.15, 0.2) is 42.9 Å².